The zero-order chi connectivity index (χ0) is 15.9. The van der Waals surface area contributed by atoms with Crippen molar-refractivity contribution in [2.75, 3.05) is 19.0 Å². The number of ether oxygens (including phenoxy) is 2. The number of amides is 1. The first-order valence-electron chi connectivity index (χ1n) is 6.57. The molecule has 116 valence electrons. The van der Waals surface area contributed by atoms with Gasteiger partial charge in [0.1, 0.15) is 5.75 Å². The molecule has 0 bridgehead atoms. The molecule has 22 heavy (non-hydrogen) atoms. The summed E-state index contributed by atoms with van der Waals surface area (Å²) in [6.07, 6.45) is 0.0860. The fraction of sp³-hybridized carbons (Fsp3) is 0.267. The first kappa shape index (κ1) is 16.0. The van der Waals surface area contributed by atoms with Gasteiger partial charge >= 0.3 is 5.97 Å². The minimum atomic E-state index is -0.369. The van der Waals surface area contributed by atoms with Gasteiger partial charge in [0, 0.05) is 5.38 Å². The van der Waals surface area contributed by atoms with E-state index in [1.165, 1.54) is 18.4 Å². The summed E-state index contributed by atoms with van der Waals surface area (Å²) in [7, 11) is 1.32. The van der Waals surface area contributed by atoms with Gasteiger partial charge in [-0.15, -0.1) is 11.3 Å². The monoisotopic (exact) mass is 320 g/mol. The zero-order valence-corrected chi connectivity index (χ0v) is 13.1. The van der Waals surface area contributed by atoms with Crippen LogP contribution in [0.15, 0.2) is 29.6 Å². The summed E-state index contributed by atoms with van der Waals surface area (Å²) in [4.78, 5) is 27.1. The number of hydrogen-bond donors (Lipinski definition) is 1. The number of carbonyl (C=O) groups is 2. The minimum absolute atomic E-state index is 0.0860. The van der Waals surface area contributed by atoms with Gasteiger partial charge in [0.15, 0.2) is 11.7 Å². The molecule has 0 atom stereocenters. The Bertz CT molecular complexity index is 669. The second kappa shape index (κ2) is 7.56. The highest BCUT2D eigenvalue weighted by molar-refractivity contribution is 7.13. The summed E-state index contributed by atoms with van der Waals surface area (Å²) in [5.74, 6) is -0.0351. The van der Waals surface area contributed by atoms with Gasteiger partial charge in [-0.3, -0.25) is 14.9 Å². The van der Waals surface area contributed by atoms with Crippen LogP contribution in [0.2, 0.25) is 0 Å². The molecule has 1 aromatic heterocycles. The standard InChI is InChI=1S/C15H16N2O4S/c1-10-4-3-5-12(6-10)21-8-13(18)17-15-16-11(9-22-15)7-14(19)20-2/h3-6,9H,7-8H2,1-2H3,(H,16,17,18). The second-order valence-corrected chi connectivity index (χ2v) is 5.41. The van der Waals surface area contributed by atoms with Crippen LogP contribution in [-0.4, -0.2) is 30.6 Å². The largest absolute Gasteiger partial charge is 0.484 e. The van der Waals surface area contributed by atoms with E-state index in [0.717, 1.165) is 5.56 Å². The number of aryl methyl sites for hydroxylation is 1. The fourth-order valence-electron chi connectivity index (χ4n) is 1.67. The van der Waals surface area contributed by atoms with Crippen molar-refractivity contribution in [2.24, 2.45) is 0 Å². The van der Waals surface area contributed by atoms with Crippen molar-refractivity contribution < 1.29 is 19.1 Å². The number of aromatic nitrogens is 1. The Kier molecular flexibility index (Phi) is 5.48. The van der Waals surface area contributed by atoms with Crippen LogP contribution in [-0.2, 0) is 20.7 Å². The Balaban J connectivity index is 1.83. The highest BCUT2D eigenvalue weighted by Crippen LogP contribution is 2.16. The number of thiazole rings is 1. The number of rotatable bonds is 6. The highest BCUT2D eigenvalue weighted by Gasteiger charge is 2.10. The molecule has 0 fully saturated rings. The SMILES string of the molecule is COC(=O)Cc1csc(NC(=O)COc2cccc(C)c2)n1. The maximum atomic E-state index is 11.8. The van der Waals surface area contributed by atoms with Crippen LogP contribution in [0.4, 0.5) is 5.13 Å². The van der Waals surface area contributed by atoms with Crippen LogP contribution < -0.4 is 10.1 Å². The van der Waals surface area contributed by atoms with Gasteiger partial charge in [-0.1, -0.05) is 12.1 Å². The molecule has 0 radical (unpaired) electrons. The Hall–Kier alpha value is -2.41. The predicted molar refractivity (Wildman–Crippen MR) is 83.1 cm³/mol. The first-order valence-corrected chi connectivity index (χ1v) is 7.45. The van der Waals surface area contributed by atoms with Crippen molar-refractivity contribution in [3.8, 4) is 5.75 Å². The topological polar surface area (TPSA) is 77.5 Å². The van der Waals surface area contributed by atoms with E-state index >= 15 is 0 Å². The number of carbonyl (C=O) groups excluding carboxylic acids is 2. The fourth-order valence-corrected chi connectivity index (χ4v) is 2.40. The van der Waals surface area contributed by atoms with Crippen LogP contribution in [0.1, 0.15) is 11.3 Å². The molecule has 0 aliphatic heterocycles. The summed E-state index contributed by atoms with van der Waals surface area (Å²) >= 11 is 1.25. The van der Waals surface area contributed by atoms with Gasteiger partial charge in [-0.05, 0) is 24.6 Å². The van der Waals surface area contributed by atoms with Crippen molar-refractivity contribution in [3.05, 3.63) is 40.9 Å². The van der Waals surface area contributed by atoms with E-state index in [2.05, 4.69) is 15.0 Å². The molecule has 7 heteroatoms. The molecule has 0 spiro atoms. The normalized spacial score (nSPS) is 10.1. The molecule has 0 unspecified atom stereocenters. The van der Waals surface area contributed by atoms with E-state index in [1.807, 2.05) is 25.1 Å². The lowest BCUT2D eigenvalue weighted by Crippen LogP contribution is -2.20. The Morgan fingerprint density at radius 1 is 1.36 bits per heavy atom. The number of esters is 1. The van der Waals surface area contributed by atoms with Gasteiger partial charge < -0.3 is 9.47 Å². The Morgan fingerprint density at radius 3 is 2.91 bits per heavy atom. The van der Waals surface area contributed by atoms with Gasteiger partial charge in [-0.2, -0.15) is 0 Å². The molecule has 2 rings (SSSR count). The lowest BCUT2D eigenvalue weighted by molar-refractivity contribution is -0.139. The van der Waals surface area contributed by atoms with Crippen molar-refractivity contribution in [2.45, 2.75) is 13.3 Å². The smallest absolute Gasteiger partial charge is 0.311 e. The second-order valence-electron chi connectivity index (χ2n) is 4.55. The molecule has 0 aliphatic carbocycles. The quantitative estimate of drug-likeness (QED) is 0.826. The predicted octanol–water partition coefficient (Wildman–Crippen LogP) is 2.18. The molecule has 0 aliphatic rings. The van der Waals surface area contributed by atoms with E-state index in [9.17, 15) is 9.59 Å². The minimum Gasteiger partial charge on any atom is -0.484 e. The number of nitrogens with one attached hydrogen (secondary N) is 1. The summed E-state index contributed by atoms with van der Waals surface area (Å²) < 4.78 is 9.96. The van der Waals surface area contributed by atoms with E-state index in [-0.39, 0.29) is 24.9 Å². The summed E-state index contributed by atoms with van der Waals surface area (Å²) in [6, 6.07) is 7.46. The Morgan fingerprint density at radius 2 is 2.18 bits per heavy atom. The molecule has 1 N–H and O–H groups in total. The molecule has 0 saturated carbocycles. The van der Waals surface area contributed by atoms with E-state index < -0.39 is 0 Å². The molecule has 0 saturated heterocycles. The van der Waals surface area contributed by atoms with Crippen molar-refractivity contribution >= 4 is 28.3 Å². The average molecular weight is 320 g/mol. The summed E-state index contributed by atoms with van der Waals surface area (Å²) in [5, 5.41) is 4.76. The number of anilines is 1. The van der Waals surface area contributed by atoms with E-state index in [4.69, 9.17) is 4.74 Å². The molecule has 1 heterocycles. The maximum absolute atomic E-state index is 11.8. The third-order valence-electron chi connectivity index (χ3n) is 2.71. The molecule has 1 aromatic carbocycles. The van der Waals surface area contributed by atoms with Crippen LogP contribution in [0.5, 0.6) is 5.75 Å². The third kappa shape index (κ3) is 4.85. The lowest BCUT2D eigenvalue weighted by atomic mass is 10.2. The van der Waals surface area contributed by atoms with Gasteiger partial charge in [0.2, 0.25) is 0 Å². The van der Waals surface area contributed by atoms with Crippen LogP contribution in [0.25, 0.3) is 0 Å². The first-order chi connectivity index (χ1) is 10.6. The highest BCUT2D eigenvalue weighted by atomic mass is 32.1. The molecular formula is C15H16N2O4S. The number of nitrogens with zero attached hydrogens (tertiary/aromatic N) is 1. The third-order valence-corrected chi connectivity index (χ3v) is 3.52. The lowest BCUT2D eigenvalue weighted by Gasteiger charge is -2.06. The zero-order valence-electron chi connectivity index (χ0n) is 12.3. The van der Waals surface area contributed by atoms with Crippen LogP contribution >= 0.6 is 11.3 Å². The maximum Gasteiger partial charge on any atom is 0.311 e. The number of methoxy groups -OCH3 is 1. The van der Waals surface area contributed by atoms with Crippen molar-refractivity contribution in [1.82, 2.24) is 4.98 Å². The van der Waals surface area contributed by atoms with Crippen LogP contribution in [0.3, 0.4) is 0 Å². The molecular weight excluding hydrogens is 304 g/mol. The Labute approximate surface area is 132 Å². The number of hydrogen-bond acceptors (Lipinski definition) is 6. The van der Waals surface area contributed by atoms with Gasteiger partial charge in [0.05, 0.1) is 19.2 Å². The molecule has 6 nitrogen and oxygen atoms in total. The van der Waals surface area contributed by atoms with Gasteiger partial charge in [0.25, 0.3) is 5.91 Å². The average Bonchev–Trinajstić information content (AvgIpc) is 2.92. The van der Waals surface area contributed by atoms with Gasteiger partial charge in [-0.25, -0.2) is 4.98 Å². The number of benzene rings is 1. The van der Waals surface area contributed by atoms with E-state index in [1.54, 1.807) is 11.4 Å². The van der Waals surface area contributed by atoms with E-state index in [0.29, 0.717) is 16.6 Å². The molecule has 2 aromatic rings. The molecule has 1 amide bonds. The van der Waals surface area contributed by atoms with Crippen LogP contribution in [0, 0.1) is 6.92 Å². The van der Waals surface area contributed by atoms with Crippen molar-refractivity contribution in [3.63, 3.8) is 0 Å². The van der Waals surface area contributed by atoms with Crippen molar-refractivity contribution in [1.29, 1.82) is 0 Å². The summed E-state index contributed by atoms with van der Waals surface area (Å²) in [5.41, 5.74) is 1.62. The summed E-state index contributed by atoms with van der Waals surface area (Å²) in [6.45, 7) is 1.85.